The van der Waals surface area contributed by atoms with Crippen LogP contribution in [0.2, 0.25) is 0 Å². The molecule has 2 N–H and O–H groups in total. The molecule has 1 aliphatic rings. The van der Waals surface area contributed by atoms with Gasteiger partial charge in [0.1, 0.15) is 17.1 Å². The van der Waals surface area contributed by atoms with Crippen molar-refractivity contribution in [3.63, 3.8) is 0 Å². The first-order chi connectivity index (χ1) is 11.3. The Morgan fingerprint density at radius 1 is 1.25 bits per heavy atom. The standard InChI is InChI=1S/C18H25FN2O3/c1-11(2)12(3)20-17(23)13-7-9-21(10-8-13)18(24)16-14(19)5-4-6-15(16)22/h4-6,11-13,22H,7-10H2,1-3H3,(H,20,23). The van der Waals surface area contributed by atoms with Gasteiger partial charge in [0.2, 0.25) is 5.91 Å². The van der Waals surface area contributed by atoms with Crippen LogP contribution < -0.4 is 5.32 Å². The largest absolute Gasteiger partial charge is 0.507 e. The average molecular weight is 336 g/mol. The Bertz CT molecular complexity index is 590. The van der Waals surface area contributed by atoms with Crippen molar-refractivity contribution in [1.82, 2.24) is 10.2 Å². The van der Waals surface area contributed by atoms with E-state index in [2.05, 4.69) is 5.32 Å². The molecule has 1 atom stereocenters. The number of phenols is 1. The molecule has 2 amide bonds. The predicted molar refractivity (Wildman–Crippen MR) is 89.1 cm³/mol. The number of halogens is 1. The molecule has 132 valence electrons. The molecule has 6 heteroatoms. The van der Waals surface area contributed by atoms with Gasteiger partial charge in [0, 0.05) is 25.0 Å². The number of carbonyl (C=O) groups is 2. The second kappa shape index (κ2) is 7.64. The van der Waals surface area contributed by atoms with Gasteiger partial charge in [-0.1, -0.05) is 19.9 Å². The number of nitrogens with one attached hydrogen (secondary N) is 1. The lowest BCUT2D eigenvalue weighted by Gasteiger charge is -2.32. The summed E-state index contributed by atoms with van der Waals surface area (Å²) in [4.78, 5) is 26.2. The summed E-state index contributed by atoms with van der Waals surface area (Å²) in [5.41, 5.74) is -0.297. The van der Waals surface area contributed by atoms with Crippen LogP contribution in [-0.4, -0.2) is 41.0 Å². The van der Waals surface area contributed by atoms with Crippen molar-refractivity contribution in [2.24, 2.45) is 11.8 Å². The molecule has 0 bridgehead atoms. The van der Waals surface area contributed by atoms with Gasteiger partial charge in [0.25, 0.3) is 5.91 Å². The molecule has 0 aromatic heterocycles. The third-order valence-corrected chi connectivity index (χ3v) is 4.73. The highest BCUT2D eigenvalue weighted by molar-refractivity contribution is 5.97. The highest BCUT2D eigenvalue weighted by atomic mass is 19.1. The first kappa shape index (κ1) is 18.2. The Kier molecular flexibility index (Phi) is 5.80. The predicted octanol–water partition coefficient (Wildman–Crippen LogP) is 2.54. The van der Waals surface area contributed by atoms with E-state index in [0.717, 1.165) is 6.07 Å². The highest BCUT2D eigenvalue weighted by Gasteiger charge is 2.30. The molecular formula is C18H25FN2O3. The van der Waals surface area contributed by atoms with Crippen LogP contribution in [0.25, 0.3) is 0 Å². The summed E-state index contributed by atoms with van der Waals surface area (Å²) >= 11 is 0. The molecule has 0 aliphatic carbocycles. The molecule has 1 unspecified atom stereocenters. The van der Waals surface area contributed by atoms with Crippen molar-refractivity contribution >= 4 is 11.8 Å². The second-order valence-corrected chi connectivity index (χ2v) is 6.74. The second-order valence-electron chi connectivity index (χ2n) is 6.74. The minimum absolute atomic E-state index is 0.0111. The molecule has 24 heavy (non-hydrogen) atoms. The van der Waals surface area contributed by atoms with Crippen molar-refractivity contribution in [2.45, 2.75) is 39.7 Å². The summed E-state index contributed by atoms with van der Waals surface area (Å²) in [6, 6.07) is 3.91. The fourth-order valence-electron chi connectivity index (χ4n) is 2.74. The third-order valence-electron chi connectivity index (χ3n) is 4.73. The number of phenolic OH excluding ortho intramolecular Hbond substituents is 1. The van der Waals surface area contributed by atoms with Crippen LogP contribution in [0.5, 0.6) is 5.75 Å². The Morgan fingerprint density at radius 2 is 1.88 bits per heavy atom. The molecule has 0 radical (unpaired) electrons. The first-order valence-electron chi connectivity index (χ1n) is 8.38. The maximum absolute atomic E-state index is 13.8. The van der Waals surface area contributed by atoms with E-state index in [1.54, 1.807) is 0 Å². The average Bonchev–Trinajstić information content (AvgIpc) is 2.54. The summed E-state index contributed by atoms with van der Waals surface area (Å²) in [5.74, 6) is -1.38. The van der Waals surface area contributed by atoms with E-state index in [0.29, 0.717) is 31.8 Å². The Hall–Kier alpha value is -2.11. The Balaban J connectivity index is 1.95. The van der Waals surface area contributed by atoms with Gasteiger partial charge in [-0.25, -0.2) is 4.39 Å². The Labute approximate surface area is 141 Å². The Morgan fingerprint density at radius 3 is 2.42 bits per heavy atom. The number of likely N-dealkylation sites (tertiary alicyclic amines) is 1. The summed E-state index contributed by atoms with van der Waals surface area (Å²) < 4.78 is 13.8. The monoisotopic (exact) mass is 336 g/mol. The van der Waals surface area contributed by atoms with Crippen LogP contribution in [0.1, 0.15) is 44.0 Å². The highest BCUT2D eigenvalue weighted by Crippen LogP contribution is 2.25. The number of aromatic hydroxyl groups is 1. The zero-order valence-electron chi connectivity index (χ0n) is 14.4. The molecule has 0 saturated carbocycles. The maximum Gasteiger partial charge on any atom is 0.260 e. The number of hydrogen-bond donors (Lipinski definition) is 2. The van der Waals surface area contributed by atoms with E-state index >= 15 is 0 Å². The quantitative estimate of drug-likeness (QED) is 0.888. The zero-order valence-corrected chi connectivity index (χ0v) is 14.4. The molecule has 2 rings (SSSR count). The number of rotatable bonds is 4. The van der Waals surface area contributed by atoms with E-state index in [1.807, 2.05) is 20.8 Å². The van der Waals surface area contributed by atoms with Crippen LogP contribution in [0.15, 0.2) is 18.2 Å². The number of nitrogens with zero attached hydrogens (tertiary/aromatic N) is 1. The van der Waals surface area contributed by atoms with Crippen LogP contribution in [0.3, 0.4) is 0 Å². The van der Waals surface area contributed by atoms with E-state index in [1.165, 1.54) is 17.0 Å². The van der Waals surface area contributed by atoms with E-state index in [9.17, 15) is 19.1 Å². The number of piperidine rings is 1. The minimum Gasteiger partial charge on any atom is -0.507 e. The van der Waals surface area contributed by atoms with Gasteiger partial charge in [-0.3, -0.25) is 9.59 Å². The number of hydrogen-bond acceptors (Lipinski definition) is 3. The fourth-order valence-corrected chi connectivity index (χ4v) is 2.74. The third kappa shape index (κ3) is 4.04. The minimum atomic E-state index is -0.731. The van der Waals surface area contributed by atoms with Gasteiger partial charge < -0.3 is 15.3 Å². The SMILES string of the molecule is CC(C)C(C)NC(=O)C1CCN(C(=O)c2c(O)cccc2F)CC1. The van der Waals surface area contributed by atoms with Crippen molar-refractivity contribution < 1.29 is 19.1 Å². The van der Waals surface area contributed by atoms with Gasteiger partial charge in [0.05, 0.1) is 0 Å². The van der Waals surface area contributed by atoms with Crippen LogP contribution in [0, 0.1) is 17.7 Å². The smallest absolute Gasteiger partial charge is 0.260 e. The molecule has 1 aliphatic heterocycles. The van der Waals surface area contributed by atoms with Gasteiger partial charge >= 0.3 is 0 Å². The molecule has 1 fully saturated rings. The van der Waals surface area contributed by atoms with Gasteiger partial charge in [-0.05, 0) is 37.8 Å². The molecule has 1 saturated heterocycles. The number of amides is 2. The molecule has 1 aromatic carbocycles. The summed E-state index contributed by atoms with van der Waals surface area (Å²) in [6.45, 7) is 6.82. The maximum atomic E-state index is 13.8. The van der Waals surface area contributed by atoms with Crippen LogP contribution >= 0.6 is 0 Å². The lowest BCUT2D eigenvalue weighted by atomic mass is 9.94. The lowest BCUT2D eigenvalue weighted by Crippen LogP contribution is -2.45. The lowest BCUT2D eigenvalue weighted by molar-refractivity contribution is -0.127. The van der Waals surface area contributed by atoms with Crippen LogP contribution in [-0.2, 0) is 4.79 Å². The van der Waals surface area contributed by atoms with Gasteiger partial charge in [-0.2, -0.15) is 0 Å². The van der Waals surface area contributed by atoms with Gasteiger partial charge in [-0.15, -0.1) is 0 Å². The van der Waals surface area contributed by atoms with E-state index in [-0.39, 0.29) is 29.2 Å². The molecular weight excluding hydrogens is 311 g/mol. The topological polar surface area (TPSA) is 69.6 Å². The summed E-state index contributed by atoms with van der Waals surface area (Å²) in [7, 11) is 0. The zero-order chi connectivity index (χ0) is 17.9. The van der Waals surface area contributed by atoms with Crippen molar-refractivity contribution in [3.05, 3.63) is 29.6 Å². The summed E-state index contributed by atoms with van der Waals surface area (Å²) in [5, 5.41) is 12.7. The van der Waals surface area contributed by atoms with Crippen molar-refractivity contribution in [2.75, 3.05) is 13.1 Å². The normalized spacial score (nSPS) is 17.0. The molecule has 5 nitrogen and oxygen atoms in total. The molecule has 1 heterocycles. The van der Waals surface area contributed by atoms with Gasteiger partial charge in [0.15, 0.2) is 0 Å². The van der Waals surface area contributed by atoms with Crippen LogP contribution in [0.4, 0.5) is 4.39 Å². The molecule has 1 aromatic rings. The van der Waals surface area contributed by atoms with Crippen molar-refractivity contribution in [1.29, 1.82) is 0 Å². The summed E-state index contributed by atoms with van der Waals surface area (Å²) in [6.07, 6.45) is 1.08. The first-order valence-corrected chi connectivity index (χ1v) is 8.38. The fraction of sp³-hybridized carbons (Fsp3) is 0.556. The number of carbonyl (C=O) groups excluding carboxylic acids is 2. The van der Waals surface area contributed by atoms with E-state index in [4.69, 9.17) is 0 Å². The van der Waals surface area contributed by atoms with Crippen molar-refractivity contribution in [3.8, 4) is 5.75 Å². The number of benzene rings is 1. The molecule has 0 spiro atoms. The van der Waals surface area contributed by atoms with E-state index < -0.39 is 11.7 Å².